The maximum Gasteiger partial charge on any atom is 0.339 e. The summed E-state index contributed by atoms with van der Waals surface area (Å²) in [6, 6.07) is 6.06. The summed E-state index contributed by atoms with van der Waals surface area (Å²) in [5.74, 6) is -1.46. The van der Waals surface area contributed by atoms with Crippen molar-refractivity contribution in [1.29, 1.82) is 0 Å². The van der Waals surface area contributed by atoms with Gasteiger partial charge in [-0.1, -0.05) is 64.5 Å². The van der Waals surface area contributed by atoms with Gasteiger partial charge in [0.15, 0.2) is 0 Å². The summed E-state index contributed by atoms with van der Waals surface area (Å²) in [4.78, 5) is 24.6. The zero-order valence-corrected chi connectivity index (χ0v) is 18.1. The van der Waals surface area contributed by atoms with Crippen molar-refractivity contribution in [1.82, 2.24) is 0 Å². The van der Waals surface area contributed by atoms with E-state index in [9.17, 15) is 18.0 Å². The molecule has 0 aliphatic carbocycles. The molecule has 0 amide bonds. The van der Waals surface area contributed by atoms with Crippen LogP contribution in [-0.4, -0.2) is 43.4 Å². The van der Waals surface area contributed by atoms with Crippen LogP contribution in [0.5, 0.6) is 0 Å². The van der Waals surface area contributed by atoms with E-state index in [0.717, 1.165) is 19.3 Å². The lowest BCUT2D eigenvalue weighted by atomic mass is 10.1. The molecule has 7 nitrogen and oxygen atoms in total. The van der Waals surface area contributed by atoms with Gasteiger partial charge in [0, 0.05) is 0 Å². The molecule has 0 heterocycles. The van der Waals surface area contributed by atoms with E-state index in [1.165, 1.54) is 37.8 Å². The van der Waals surface area contributed by atoms with Gasteiger partial charge in [-0.15, -0.1) is 0 Å². The predicted molar refractivity (Wildman–Crippen MR) is 111 cm³/mol. The number of esters is 2. The fraction of sp³-hybridized carbons (Fsp3) is 0.619. The summed E-state index contributed by atoms with van der Waals surface area (Å²) < 4.78 is 41.8. The fourth-order valence-electron chi connectivity index (χ4n) is 2.80. The Morgan fingerprint density at radius 2 is 1.41 bits per heavy atom. The van der Waals surface area contributed by atoms with Gasteiger partial charge in [0.25, 0.3) is 10.1 Å². The number of unbranched alkanes of at least 4 members (excludes halogenated alkanes) is 6. The molecule has 29 heavy (non-hydrogen) atoms. The van der Waals surface area contributed by atoms with E-state index in [0.29, 0.717) is 0 Å². The number of carbonyl (C=O) groups excluding carboxylic acids is 2. The fourth-order valence-corrected chi connectivity index (χ4v) is 3.46. The van der Waals surface area contributed by atoms with E-state index in [4.69, 9.17) is 14.0 Å². The highest BCUT2D eigenvalue weighted by Crippen LogP contribution is 2.14. The Morgan fingerprint density at radius 1 is 0.897 bits per heavy atom. The average molecular weight is 429 g/mol. The van der Waals surface area contributed by atoms with Crippen LogP contribution in [0.4, 0.5) is 0 Å². The first-order chi connectivity index (χ1) is 13.8. The van der Waals surface area contributed by atoms with Gasteiger partial charge in [-0.3, -0.25) is 4.55 Å². The lowest BCUT2D eigenvalue weighted by Crippen LogP contribution is -2.27. The number of carbonyl (C=O) groups is 2. The molecule has 1 aromatic rings. The highest BCUT2D eigenvalue weighted by atomic mass is 32.2. The summed E-state index contributed by atoms with van der Waals surface area (Å²) in [6.45, 7) is 3.51. The van der Waals surface area contributed by atoms with Crippen LogP contribution in [0.2, 0.25) is 0 Å². The van der Waals surface area contributed by atoms with Crippen LogP contribution in [-0.2, 0) is 19.6 Å². The Labute approximate surface area is 173 Å². The minimum absolute atomic E-state index is 0.00209. The van der Waals surface area contributed by atoms with Crippen LogP contribution in [0.25, 0.3) is 0 Å². The van der Waals surface area contributed by atoms with E-state index < -0.39 is 33.9 Å². The second-order valence-electron chi connectivity index (χ2n) is 6.95. The molecular formula is C21H32O7S. The van der Waals surface area contributed by atoms with Gasteiger partial charge in [0.05, 0.1) is 17.7 Å². The Bertz CT molecular complexity index is 743. The zero-order valence-electron chi connectivity index (χ0n) is 17.3. The second kappa shape index (κ2) is 13.3. The summed E-state index contributed by atoms with van der Waals surface area (Å²) in [5, 5.41) is -1.21. The first kappa shape index (κ1) is 25.1. The van der Waals surface area contributed by atoms with Crippen LogP contribution in [0.15, 0.2) is 24.3 Å². The van der Waals surface area contributed by atoms with E-state index in [-0.39, 0.29) is 24.2 Å². The molecule has 0 spiro atoms. The number of ether oxygens (including phenoxy) is 2. The van der Waals surface area contributed by atoms with Crippen molar-refractivity contribution < 1.29 is 32.0 Å². The van der Waals surface area contributed by atoms with Crippen molar-refractivity contribution in [3.63, 3.8) is 0 Å². The maximum absolute atomic E-state index is 12.3. The Kier molecular flexibility index (Phi) is 11.5. The molecular weight excluding hydrogens is 396 g/mol. The predicted octanol–water partition coefficient (Wildman–Crippen LogP) is 4.42. The van der Waals surface area contributed by atoms with E-state index in [1.54, 1.807) is 19.1 Å². The van der Waals surface area contributed by atoms with Crippen LogP contribution in [0.3, 0.4) is 0 Å². The topological polar surface area (TPSA) is 107 Å². The minimum Gasteiger partial charge on any atom is -0.462 e. The monoisotopic (exact) mass is 428 g/mol. The number of rotatable bonds is 14. The molecule has 0 radical (unpaired) electrons. The second-order valence-corrected chi connectivity index (χ2v) is 8.64. The maximum atomic E-state index is 12.3. The lowest BCUT2D eigenvalue weighted by molar-refractivity contribution is 0.0452. The first-order valence-electron chi connectivity index (χ1n) is 10.2. The SMILES string of the molecule is CCCCCCCCCOC(=O)c1ccccc1C(=O)OCC(CC)S(=O)(=O)O. The lowest BCUT2D eigenvalue weighted by Gasteiger charge is -2.13. The third kappa shape index (κ3) is 9.41. The smallest absolute Gasteiger partial charge is 0.339 e. The quantitative estimate of drug-likeness (QED) is 0.265. The summed E-state index contributed by atoms with van der Waals surface area (Å²) in [6.07, 6.45) is 7.79. The van der Waals surface area contributed by atoms with Gasteiger partial charge in [-0.2, -0.15) is 8.42 Å². The summed E-state index contributed by atoms with van der Waals surface area (Å²) >= 11 is 0. The summed E-state index contributed by atoms with van der Waals surface area (Å²) in [7, 11) is -4.31. The number of hydrogen-bond donors (Lipinski definition) is 1. The molecule has 1 N–H and O–H groups in total. The highest BCUT2D eigenvalue weighted by Gasteiger charge is 2.25. The molecule has 0 aliphatic heterocycles. The normalized spacial score (nSPS) is 12.4. The van der Waals surface area contributed by atoms with Gasteiger partial charge < -0.3 is 9.47 Å². The number of benzene rings is 1. The molecule has 164 valence electrons. The molecule has 1 atom stereocenters. The average Bonchev–Trinajstić information content (AvgIpc) is 2.69. The highest BCUT2D eigenvalue weighted by molar-refractivity contribution is 7.86. The Hall–Kier alpha value is -1.93. The molecule has 0 aliphatic rings. The largest absolute Gasteiger partial charge is 0.462 e. The first-order valence-corrected chi connectivity index (χ1v) is 11.7. The molecule has 1 rings (SSSR count). The van der Waals surface area contributed by atoms with E-state index in [1.807, 2.05) is 0 Å². The zero-order chi connectivity index (χ0) is 21.7. The van der Waals surface area contributed by atoms with Crippen LogP contribution < -0.4 is 0 Å². The van der Waals surface area contributed by atoms with Gasteiger partial charge >= 0.3 is 11.9 Å². The third-order valence-corrected chi connectivity index (χ3v) is 5.94. The minimum atomic E-state index is -4.31. The summed E-state index contributed by atoms with van der Waals surface area (Å²) in [5.41, 5.74) is 0.0719. The van der Waals surface area contributed by atoms with Crippen LogP contribution in [0, 0.1) is 0 Å². The van der Waals surface area contributed by atoms with Crippen LogP contribution in [0.1, 0.15) is 85.9 Å². The van der Waals surface area contributed by atoms with Crippen molar-refractivity contribution >= 4 is 22.1 Å². The molecule has 0 aromatic heterocycles. The number of hydrogen-bond acceptors (Lipinski definition) is 6. The molecule has 0 bridgehead atoms. The van der Waals surface area contributed by atoms with E-state index in [2.05, 4.69) is 6.92 Å². The van der Waals surface area contributed by atoms with Crippen molar-refractivity contribution in [2.75, 3.05) is 13.2 Å². The molecule has 0 fully saturated rings. The van der Waals surface area contributed by atoms with Gasteiger partial charge in [0.1, 0.15) is 11.9 Å². The molecule has 0 saturated heterocycles. The standard InChI is InChI=1S/C21H32O7S/c1-3-5-6-7-8-9-12-15-27-20(22)18-13-10-11-14-19(18)21(23)28-16-17(4-2)29(24,25)26/h10-11,13-14,17H,3-9,12,15-16H2,1-2H3,(H,24,25,26). The van der Waals surface area contributed by atoms with Gasteiger partial charge in [-0.25, -0.2) is 9.59 Å². The van der Waals surface area contributed by atoms with Crippen molar-refractivity contribution in [2.24, 2.45) is 0 Å². The van der Waals surface area contributed by atoms with Crippen molar-refractivity contribution in [3.05, 3.63) is 35.4 Å². The Morgan fingerprint density at radius 3 is 1.93 bits per heavy atom. The van der Waals surface area contributed by atoms with Gasteiger partial charge in [0.2, 0.25) is 0 Å². The molecule has 0 saturated carbocycles. The Balaban J connectivity index is 2.55. The van der Waals surface area contributed by atoms with Crippen molar-refractivity contribution in [2.45, 2.75) is 70.5 Å². The molecule has 8 heteroatoms. The molecule has 1 unspecified atom stereocenters. The third-order valence-electron chi connectivity index (χ3n) is 4.62. The van der Waals surface area contributed by atoms with Crippen molar-refractivity contribution in [3.8, 4) is 0 Å². The van der Waals surface area contributed by atoms with E-state index >= 15 is 0 Å². The van der Waals surface area contributed by atoms with Crippen LogP contribution >= 0.6 is 0 Å². The van der Waals surface area contributed by atoms with Gasteiger partial charge in [-0.05, 0) is 25.0 Å². The molecule has 1 aromatic carbocycles.